The number of thiazole rings is 1. The van der Waals surface area contributed by atoms with E-state index in [2.05, 4.69) is 15.6 Å². The molecule has 2 amide bonds. The standard InChI is InChI=1S/C29H41N5O5S/c1-19-18-30-26(40-19)32-22-11-9-10-21(31-22)23(24(35)38-5)20-12-16-34(17-13-20)25(36)29(14-7-6-8-15-29)33-27(37)39-28(2,3)4/h9-11,18,20,23H,6-8,12-17H2,1-5H3,(H,33,37)(H,30,31,32). The number of likely N-dealkylation sites (tertiary alicyclic amines) is 1. The molecule has 11 heteroatoms. The number of nitrogens with one attached hydrogen (secondary N) is 2. The Labute approximate surface area is 240 Å². The minimum Gasteiger partial charge on any atom is -0.468 e. The summed E-state index contributed by atoms with van der Waals surface area (Å²) >= 11 is 1.53. The summed E-state index contributed by atoms with van der Waals surface area (Å²) in [7, 11) is 1.39. The highest BCUT2D eigenvalue weighted by Gasteiger charge is 2.46. The molecule has 0 spiro atoms. The summed E-state index contributed by atoms with van der Waals surface area (Å²) in [6.45, 7) is 8.40. The lowest BCUT2D eigenvalue weighted by atomic mass is 9.78. The lowest BCUT2D eigenvalue weighted by Gasteiger charge is -2.43. The number of hydrogen-bond donors (Lipinski definition) is 2. The molecule has 40 heavy (non-hydrogen) atoms. The van der Waals surface area contributed by atoms with E-state index in [0.717, 1.165) is 29.3 Å². The topological polar surface area (TPSA) is 123 Å². The number of amides is 2. The summed E-state index contributed by atoms with van der Waals surface area (Å²) in [6.07, 6.45) is 6.46. The van der Waals surface area contributed by atoms with Crippen molar-refractivity contribution in [3.05, 3.63) is 35.0 Å². The van der Waals surface area contributed by atoms with Crippen LogP contribution in [0.15, 0.2) is 24.4 Å². The lowest BCUT2D eigenvalue weighted by molar-refractivity contribution is -0.145. The monoisotopic (exact) mass is 571 g/mol. The van der Waals surface area contributed by atoms with Crippen molar-refractivity contribution in [2.24, 2.45) is 5.92 Å². The average Bonchev–Trinajstić information content (AvgIpc) is 3.32. The van der Waals surface area contributed by atoms with E-state index in [1.807, 2.05) is 50.8 Å². The predicted molar refractivity (Wildman–Crippen MR) is 154 cm³/mol. The number of carbonyl (C=O) groups is 3. The number of pyridine rings is 1. The number of hydrogen-bond acceptors (Lipinski definition) is 9. The summed E-state index contributed by atoms with van der Waals surface area (Å²) < 4.78 is 10.7. The average molecular weight is 572 g/mol. The first-order valence-electron chi connectivity index (χ1n) is 14.0. The van der Waals surface area contributed by atoms with Crippen LogP contribution >= 0.6 is 11.3 Å². The Bertz CT molecular complexity index is 1200. The molecule has 1 aliphatic heterocycles. The number of nitrogens with zero attached hydrogens (tertiary/aromatic N) is 3. The molecule has 1 atom stereocenters. The second kappa shape index (κ2) is 12.5. The normalized spacial score (nSPS) is 18.5. The zero-order valence-corrected chi connectivity index (χ0v) is 24.9. The SMILES string of the molecule is COC(=O)C(c1cccc(Nc2ncc(C)s2)n1)C1CCN(C(=O)C2(NC(=O)OC(C)(C)C)CCCCC2)CC1. The Morgan fingerprint density at radius 1 is 1.12 bits per heavy atom. The highest BCUT2D eigenvalue weighted by Crippen LogP contribution is 2.36. The summed E-state index contributed by atoms with van der Waals surface area (Å²) in [6, 6.07) is 5.56. The van der Waals surface area contributed by atoms with Crippen molar-refractivity contribution < 1.29 is 23.9 Å². The maximum Gasteiger partial charge on any atom is 0.408 e. The van der Waals surface area contributed by atoms with Gasteiger partial charge in [0.15, 0.2) is 5.13 Å². The fourth-order valence-corrected chi connectivity index (χ4v) is 6.35. The van der Waals surface area contributed by atoms with Gasteiger partial charge in [0.2, 0.25) is 5.91 Å². The molecule has 2 aromatic heterocycles. The zero-order valence-electron chi connectivity index (χ0n) is 24.1. The molecule has 2 fully saturated rings. The van der Waals surface area contributed by atoms with Gasteiger partial charge in [0, 0.05) is 24.2 Å². The predicted octanol–water partition coefficient (Wildman–Crippen LogP) is 5.31. The largest absolute Gasteiger partial charge is 0.468 e. The van der Waals surface area contributed by atoms with Gasteiger partial charge in [-0.15, -0.1) is 11.3 Å². The lowest BCUT2D eigenvalue weighted by Crippen LogP contribution is -2.62. The number of rotatable bonds is 7. The fraction of sp³-hybridized carbons (Fsp3) is 0.621. The molecule has 4 rings (SSSR count). The third-order valence-electron chi connectivity index (χ3n) is 7.56. The molecular formula is C29H41N5O5S. The van der Waals surface area contributed by atoms with E-state index in [4.69, 9.17) is 14.5 Å². The molecule has 0 aromatic carbocycles. The van der Waals surface area contributed by atoms with E-state index >= 15 is 0 Å². The second-order valence-electron chi connectivity index (χ2n) is 11.7. The number of carbonyl (C=O) groups excluding carboxylic acids is 3. The Hall–Kier alpha value is -3.21. The van der Waals surface area contributed by atoms with Gasteiger partial charge in [-0.2, -0.15) is 0 Å². The molecule has 1 saturated carbocycles. The van der Waals surface area contributed by atoms with E-state index in [9.17, 15) is 14.4 Å². The van der Waals surface area contributed by atoms with E-state index in [0.29, 0.717) is 50.3 Å². The van der Waals surface area contributed by atoms with Gasteiger partial charge in [-0.3, -0.25) is 9.59 Å². The molecule has 10 nitrogen and oxygen atoms in total. The third kappa shape index (κ3) is 7.30. The van der Waals surface area contributed by atoms with Crippen LogP contribution in [-0.2, 0) is 19.1 Å². The van der Waals surface area contributed by atoms with Crippen molar-refractivity contribution in [1.82, 2.24) is 20.2 Å². The number of ether oxygens (including phenoxy) is 2. The Kier molecular flexibility index (Phi) is 9.33. The van der Waals surface area contributed by atoms with E-state index in [1.54, 1.807) is 6.20 Å². The summed E-state index contributed by atoms with van der Waals surface area (Å²) in [5, 5.41) is 6.91. The molecule has 1 aliphatic carbocycles. The number of esters is 1. The van der Waals surface area contributed by atoms with Crippen molar-refractivity contribution in [3.63, 3.8) is 0 Å². The number of alkyl carbamates (subject to hydrolysis) is 1. The smallest absolute Gasteiger partial charge is 0.408 e. The molecule has 0 radical (unpaired) electrons. The Morgan fingerprint density at radius 2 is 1.82 bits per heavy atom. The maximum atomic E-state index is 13.9. The van der Waals surface area contributed by atoms with Crippen LogP contribution in [0, 0.1) is 12.8 Å². The van der Waals surface area contributed by atoms with Crippen molar-refractivity contribution in [3.8, 4) is 0 Å². The minimum atomic E-state index is -0.953. The van der Waals surface area contributed by atoms with Crippen molar-refractivity contribution in [2.45, 2.75) is 89.7 Å². The van der Waals surface area contributed by atoms with Gasteiger partial charge in [-0.25, -0.2) is 14.8 Å². The van der Waals surface area contributed by atoms with E-state index in [1.165, 1.54) is 18.4 Å². The quantitative estimate of drug-likeness (QED) is 0.429. The van der Waals surface area contributed by atoms with Gasteiger partial charge in [-0.05, 0) is 71.4 Å². The van der Waals surface area contributed by atoms with Gasteiger partial charge in [0.05, 0.1) is 12.8 Å². The van der Waals surface area contributed by atoms with Crippen molar-refractivity contribution in [1.29, 1.82) is 0 Å². The van der Waals surface area contributed by atoms with E-state index < -0.39 is 23.2 Å². The van der Waals surface area contributed by atoms with Gasteiger partial charge in [-0.1, -0.05) is 25.3 Å². The van der Waals surface area contributed by atoms with Crippen LogP contribution in [0.4, 0.5) is 15.7 Å². The molecule has 1 unspecified atom stereocenters. The summed E-state index contributed by atoms with van der Waals surface area (Å²) in [4.78, 5) is 51.6. The van der Waals surface area contributed by atoms with Gasteiger partial charge in [0.1, 0.15) is 22.9 Å². The minimum absolute atomic E-state index is 0.0394. The first-order valence-corrected chi connectivity index (χ1v) is 14.9. The highest BCUT2D eigenvalue weighted by molar-refractivity contribution is 7.15. The molecule has 3 heterocycles. The summed E-state index contributed by atoms with van der Waals surface area (Å²) in [5.74, 6) is -0.377. The molecular weight excluding hydrogens is 530 g/mol. The molecule has 2 aromatic rings. The Morgan fingerprint density at radius 3 is 2.42 bits per heavy atom. The van der Waals surface area contributed by atoms with Crippen LogP contribution in [0.3, 0.4) is 0 Å². The fourth-order valence-electron chi connectivity index (χ4n) is 5.68. The molecule has 2 aliphatic rings. The first-order chi connectivity index (χ1) is 19.0. The third-order valence-corrected chi connectivity index (χ3v) is 8.38. The van der Waals surface area contributed by atoms with Crippen LogP contribution < -0.4 is 10.6 Å². The Balaban J connectivity index is 1.46. The van der Waals surface area contributed by atoms with Crippen LogP contribution in [0.1, 0.15) is 82.2 Å². The van der Waals surface area contributed by atoms with Gasteiger partial charge in [0.25, 0.3) is 0 Å². The van der Waals surface area contributed by atoms with Crippen LogP contribution in [0.5, 0.6) is 0 Å². The number of anilines is 2. The van der Waals surface area contributed by atoms with Crippen LogP contribution in [-0.4, -0.2) is 64.2 Å². The van der Waals surface area contributed by atoms with Crippen molar-refractivity contribution >= 4 is 40.3 Å². The summed E-state index contributed by atoms with van der Waals surface area (Å²) in [5.41, 5.74) is -0.972. The number of methoxy groups -OCH3 is 1. The number of aromatic nitrogens is 2. The number of aryl methyl sites for hydroxylation is 1. The van der Waals surface area contributed by atoms with Crippen molar-refractivity contribution in [2.75, 3.05) is 25.5 Å². The van der Waals surface area contributed by atoms with Gasteiger partial charge >= 0.3 is 12.1 Å². The second-order valence-corrected chi connectivity index (χ2v) is 13.0. The molecule has 1 saturated heterocycles. The molecule has 0 bridgehead atoms. The van der Waals surface area contributed by atoms with Crippen LogP contribution in [0.25, 0.3) is 0 Å². The highest BCUT2D eigenvalue weighted by atomic mass is 32.1. The van der Waals surface area contributed by atoms with Gasteiger partial charge < -0.3 is 25.0 Å². The molecule has 2 N–H and O–H groups in total. The number of piperidine rings is 1. The van der Waals surface area contributed by atoms with E-state index in [-0.39, 0.29) is 17.8 Å². The zero-order chi connectivity index (χ0) is 28.9. The van der Waals surface area contributed by atoms with Crippen LogP contribution in [0.2, 0.25) is 0 Å². The first kappa shape index (κ1) is 29.8. The maximum absolute atomic E-state index is 13.9. The molecule has 218 valence electrons.